The summed E-state index contributed by atoms with van der Waals surface area (Å²) < 4.78 is 5.20. The number of benzene rings is 1. The Bertz CT molecular complexity index is 390. The summed E-state index contributed by atoms with van der Waals surface area (Å²) in [7, 11) is 1.61. The molecule has 0 aromatic heterocycles. The van der Waals surface area contributed by atoms with E-state index >= 15 is 0 Å². The van der Waals surface area contributed by atoms with Crippen LogP contribution in [0.4, 0.5) is 0 Å². The van der Waals surface area contributed by atoms with Gasteiger partial charge in [0.1, 0.15) is 5.75 Å². The zero-order valence-corrected chi connectivity index (χ0v) is 10.5. The number of rotatable bonds is 5. The number of nitrogens with one attached hydrogen (secondary N) is 1. The number of aliphatic hydroxyl groups excluding tert-OH is 1. The van der Waals surface area contributed by atoms with E-state index in [9.17, 15) is 4.79 Å². The minimum absolute atomic E-state index is 0.0526. The Morgan fingerprint density at radius 3 is 2.82 bits per heavy atom. The third-order valence-corrected chi connectivity index (χ3v) is 2.52. The lowest BCUT2D eigenvalue weighted by molar-refractivity contribution is -0.121. The molecule has 4 heteroatoms. The highest BCUT2D eigenvalue weighted by Gasteiger charge is 2.08. The van der Waals surface area contributed by atoms with Gasteiger partial charge in [0.2, 0.25) is 5.91 Å². The third-order valence-electron chi connectivity index (χ3n) is 2.52. The smallest absolute Gasteiger partial charge is 0.224 e. The van der Waals surface area contributed by atoms with Crippen LogP contribution in [0.15, 0.2) is 18.2 Å². The first kappa shape index (κ1) is 13.5. The zero-order chi connectivity index (χ0) is 12.8. The fourth-order valence-electron chi connectivity index (χ4n) is 1.53. The Balaban J connectivity index is 2.65. The molecular weight excluding hydrogens is 218 g/mol. The molecule has 1 rings (SSSR count). The fourth-order valence-corrected chi connectivity index (χ4v) is 1.53. The van der Waals surface area contributed by atoms with Crippen LogP contribution in [0, 0.1) is 6.92 Å². The molecule has 1 aromatic carbocycles. The SMILES string of the molecule is COc1cc(CC(=O)N[C@H](C)CO)ccc1C. The van der Waals surface area contributed by atoms with Crippen LogP contribution in [0.25, 0.3) is 0 Å². The number of ether oxygens (including phenoxy) is 1. The molecule has 0 bridgehead atoms. The topological polar surface area (TPSA) is 58.6 Å². The number of carbonyl (C=O) groups is 1. The van der Waals surface area contributed by atoms with Gasteiger partial charge in [0.25, 0.3) is 0 Å². The van der Waals surface area contributed by atoms with Crippen LogP contribution < -0.4 is 10.1 Å². The number of hydrogen-bond donors (Lipinski definition) is 2. The standard InChI is InChI=1S/C13H19NO3/c1-9-4-5-11(6-12(9)17-3)7-13(16)14-10(2)8-15/h4-6,10,15H,7-8H2,1-3H3,(H,14,16)/t10-/m1/s1. The van der Waals surface area contributed by atoms with Gasteiger partial charge in [0, 0.05) is 6.04 Å². The minimum Gasteiger partial charge on any atom is -0.496 e. The molecule has 0 unspecified atom stereocenters. The number of hydrogen-bond acceptors (Lipinski definition) is 3. The molecule has 94 valence electrons. The van der Waals surface area contributed by atoms with E-state index in [2.05, 4.69) is 5.32 Å². The second-order valence-electron chi connectivity index (χ2n) is 4.13. The molecule has 0 heterocycles. The van der Waals surface area contributed by atoms with Crippen molar-refractivity contribution in [1.82, 2.24) is 5.32 Å². The van der Waals surface area contributed by atoms with Crippen molar-refractivity contribution >= 4 is 5.91 Å². The van der Waals surface area contributed by atoms with E-state index in [1.165, 1.54) is 0 Å². The van der Waals surface area contributed by atoms with Gasteiger partial charge < -0.3 is 15.2 Å². The highest BCUT2D eigenvalue weighted by atomic mass is 16.5. The van der Waals surface area contributed by atoms with E-state index in [0.29, 0.717) is 6.42 Å². The largest absolute Gasteiger partial charge is 0.496 e. The number of methoxy groups -OCH3 is 1. The van der Waals surface area contributed by atoms with E-state index in [1.807, 2.05) is 25.1 Å². The highest BCUT2D eigenvalue weighted by Crippen LogP contribution is 2.19. The molecular formula is C13H19NO3. The molecule has 0 aliphatic heterocycles. The third kappa shape index (κ3) is 4.07. The maximum absolute atomic E-state index is 11.6. The Hall–Kier alpha value is -1.55. The molecule has 2 N–H and O–H groups in total. The van der Waals surface area contributed by atoms with Crippen molar-refractivity contribution in [2.45, 2.75) is 26.3 Å². The van der Waals surface area contributed by atoms with Gasteiger partial charge in [0.05, 0.1) is 20.1 Å². The maximum Gasteiger partial charge on any atom is 0.224 e. The van der Waals surface area contributed by atoms with E-state index in [4.69, 9.17) is 9.84 Å². The van der Waals surface area contributed by atoms with Gasteiger partial charge in [-0.3, -0.25) is 4.79 Å². The molecule has 0 radical (unpaired) electrons. The highest BCUT2D eigenvalue weighted by molar-refractivity contribution is 5.79. The predicted molar refractivity (Wildman–Crippen MR) is 66.1 cm³/mol. The van der Waals surface area contributed by atoms with Crippen molar-refractivity contribution < 1.29 is 14.6 Å². The lowest BCUT2D eigenvalue weighted by Crippen LogP contribution is -2.35. The quantitative estimate of drug-likeness (QED) is 0.804. The summed E-state index contributed by atoms with van der Waals surface area (Å²) in [6.45, 7) is 3.66. The molecule has 0 spiro atoms. The number of aliphatic hydroxyl groups is 1. The van der Waals surface area contributed by atoms with Crippen molar-refractivity contribution in [3.63, 3.8) is 0 Å². The summed E-state index contributed by atoms with van der Waals surface area (Å²) in [5.41, 5.74) is 1.94. The van der Waals surface area contributed by atoms with Crippen molar-refractivity contribution in [2.75, 3.05) is 13.7 Å². The van der Waals surface area contributed by atoms with Gasteiger partial charge in [0.15, 0.2) is 0 Å². The monoisotopic (exact) mass is 237 g/mol. The maximum atomic E-state index is 11.6. The Kier molecular flexibility index (Phi) is 4.97. The Labute approximate surface area is 102 Å². The summed E-state index contributed by atoms with van der Waals surface area (Å²) in [6.07, 6.45) is 0.293. The first-order valence-electron chi connectivity index (χ1n) is 5.60. The molecule has 0 fully saturated rings. The first-order valence-corrected chi connectivity index (χ1v) is 5.60. The summed E-state index contributed by atoms with van der Waals surface area (Å²) >= 11 is 0. The Morgan fingerprint density at radius 1 is 1.53 bits per heavy atom. The summed E-state index contributed by atoms with van der Waals surface area (Å²) in [4.78, 5) is 11.6. The molecule has 1 aromatic rings. The molecule has 0 saturated heterocycles. The van der Waals surface area contributed by atoms with Crippen molar-refractivity contribution in [2.24, 2.45) is 0 Å². The van der Waals surface area contributed by atoms with Crippen molar-refractivity contribution in [1.29, 1.82) is 0 Å². The summed E-state index contributed by atoms with van der Waals surface area (Å²) in [5, 5.41) is 11.5. The molecule has 0 aliphatic rings. The molecule has 1 amide bonds. The Morgan fingerprint density at radius 2 is 2.24 bits per heavy atom. The van der Waals surface area contributed by atoms with Crippen LogP contribution in [0.1, 0.15) is 18.1 Å². The van der Waals surface area contributed by atoms with Crippen LogP contribution in [0.2, 0.25) is 0 Å². The normalized spacial score (nSPS) is 12.0. The molecule has 0 saturated carbocycles. The van der Waals surface area contributed by atoms with Crippen LogP contribution in [0.5, 0.6) is 5.75 Å². The van der Waals surface area contributed by atoms with E-state index in [-0.39, 0.29) is 18.6 Å². The van der Waals surface area contributed by atoms with Gasteiger partial charge in [-0.1, -0.05) is 12.1 Å². The van der Waals surface area contributed by atoms with Gasteiger partial charge >= 0.3 is 0 Å². The fraction of sp³-hybridized carbons (Fsp3) is 0.462. The summed E-state index contributed by atoms with van der Waals surface area (Å²) in [5.74, 6) is 0.683. The second-order valence-corrected chi connectivity index (χ2v) is 4.13. The van der Waals surface area contributed by atoms with Gasteiger partial charge in [-0.2, -0.15) is 0 Å². The zero-order valence-electron chi connectivity index (χ0n) is 10.5. The minimum atomic E-state index is -0.213. The lowest BCUT2D eigenvalue weighted by Gasteiger charge is -2.11. The van der Waals surface area contributed by atoms with Gasteiger partial charge in [-0.25, -0.2) is 0 Å². The predicted octanol–water partition coefficient (Wildman–Crippen LogP) is 1.04. The number of carbonyl (C=O) groups excluding carboxylic acids is 1. The lowest BCUT2D eigenvalue weighted by atomic mass is 10.1. The first-order chi connectivity index (χ1) is 8.06. The summed E-state index contributed by atoms with van der Waals surface area (Å²) in [6, 6.07) is 5.48. The molecule has 1 atom stereocenters. The average Bonchev–Trinajstić information content (AvgIpc) is 2.31. The van der Waals surface area contributed by atoms with Crippen molar-refractivity contribution in [3.8, 4) is 5.75 Å². The molecule has 17 heavy (non-hydrogen) atoms. The number of amides is 1. The van der Waals surface area contributed by atoms with Crippen LogP contribution in [0.3, 0.4) is 0 Å². The van der Waals surface area contributed by atoms with Gasteiger partial charge in [-0.15, -0.1) is 0 Å². The number of aryl methyl sites for hydroxylation is 1. The molecule has 4 nitrogen and oxygen atoms in total. The van der Waals surface area contributed by atoms with Crippen LogP contribution >= 0.6 is 0 Å². The van der Waals surface area contributed by atoms with E-state index in [0.717, 1.165) is 16.9 Å². The second kappa shape index (κ2) is 6.25. The average molecular weight is 237 g/mol. The van der Waals surface area contributed by atoms with E-state index < -0.39 is 0 Å². The van der Waals surface area contributed by atoms with Crippen LogP contribution in [-0.2, 0) is 11.2 Å². The van der Waals surface area contributed by atoms with E-state index in [1.54, 1.807) is 14.0 Å². The van der Waals surface area contributed by atoms with Crippen LogP contribution in [-0.4, -0.2) is 30.8 Å². The van der Waals surface area contributed by atoms with Gasteiger partial charge in [-0.05, 0) is 31.0 Å². The van der Waals surface area contributed by atoms with Crippen molar-refractivity contribution in [3.05, 3.63) is 29.3 Å². The molecule has 0 aliphatic carbocycles.